The van der Waals surface area contributed by atoms with Crippen molar-refractivity contribution in [3.63, 3.8) is 0 Å². The fraction of sp³-hybridized carbons (Fsp3) is 0.278. The van der Waals surface area contributed by atoms with E-state index < -0.39 is 0 Å². The molecule has 2 aromatic carbocycles. The summed E-state index contributed by atoms with van der Waals surface area (Å²) in [7, 11) is 0. The zero-order chi connectivity index (χ0) is 14.8. The van der Waals surface area contributed by atoms with Gasteiger partial charge in [0.25, 0.3) is 0 Å². The molecule has 1 aliphatic carbocycles. The third-order valence-electron chi connectivity index (χ3n) is 4.17. The van der Waals surface area contributed by atoms with Gasteiger partial charge in [0, 0.05) is 16.9 Å². The van der Waals surface area contributed by atoms with E-state index in [1.54, 1.807) is 0 Å². The normalized spacial score (nSPS) is 13.6. The molecule has 0 aliphatic heterocycles. The number of benzene rings is 2. The second-order valence-electron chi connectivity index (χ2n) is 5.67. The molecule has 0 fully saturated rings. The molecule has 3 heteroatoms. The maximum Gasteiger partial charge on any atom is 0.104 e. The quantitative estimate of drug-likeness (QED) is 0.832. The first kappa shape index (κ1) is 14.1. The van der Waals surface area contributed by atoms with E-state index in [1.165, 1.54) is 42.5 Å². The van der Waals surface area contributed by atoms with Crippen LogP contribution in [-0.2, 0) is 12.8 Å². The van der Waals surface area contributed by atoms with Gasteiger partial charge in [-0.1, -0.05) is 24.4 Å². The van der Waals surface area contributed by atoms with Crippen LogP contribution >= 0.6 is 12.2 Å². The lowest BCUT2D eigenvalue weighted by atomic mass is 9.90. The lowest BCUT2D eigenvalue weighted by molar-refractivity contribution is 0.687. The number of hydrogen-bond donors (Lipinski definition) is 2. The number of nitrogens with one attached hydrogen (secondary N) is 1. The van der Waals surface area contributed by atoms with Crippen LogP contribution in [0.15, 0.2) is 36.4 Å². The Hall–Kier alpha value is -1.87. The topological polar surface area (TPSA) is 38.0 Å². The first-order chi connectivity index (χ1) is 10.1. The second-order valence-corrected chi connectivity index (χ2v) is 6.11. The Morgan fingerprint density at radius 1 is 1.14 bits per heavy atom. The molecule has 0 amide bonds. The van der Waals surface area contributed by atoms with Gasteiger partial charge >= 0.3 is 0 Å². The van der Waals surface area contributed by atoms with Gasteiger partial charge in [-0.2, -0.15) is 0 Å². The van der Waals surface area contributed by atoms with Crippen molar-refractivity contribution >= 4 is 28.6 Å². The van der Waals surface area contributed by atoms with E-state index >= 15 is 0 Å². The molecule has 108 valence electrons. The van der Waals surface area contributed by atoms with Crippen molar-refractivity contribution in [3.8, 4) is 0 Å². The first-order valence-electron chi connectivity index (χ1n) is 7.43. The SMILES string of the molecule is Cc1cc(Nc2cccc3c2CCCC3)ccc1C(N)=S. The summed E-state index contributed by atoms with van der Waals surface area (Å²) in [4.78, 5) is 0.455. The smallest absolute Gasteiger partial charge is 0.104 e. The zero-order valence-corrected chi connectivity index (χ0v) is 13.1. The highest BCUT2D eigenvalue weighted by atomic mass is 32.1. The van der Waals surface area contributed by atoms with Gasteiger partial charge in [-0.25, -0.2) is 0 Å². The van der Waals surface area contributed by atoms with Crippen molar-refractivity contribution in [2.75, 3.05) is 5.32 Å². The minimum atomic E-state index is 0.455. The average Bonchev–Trinajstić information content (AvgIpc) is 2.47. The van der Waals surface area contributed by atoms with Gasteiger partial charge in [0.05, 0.1) is 0 Å². The summed E-state index contributed by atoms with van der Waals surface area (Å²) >= 11 is 5.06. The van der Waals surface area contributed by atoms with Crippen LogP contribution in [0.4, 0.5) is 11.4 Å². The Morgan fingerprint density at radius 2 is 1.95 bits per heavy atom. The molecule has 21 heavy (non-hydrogen) atoms. The van der Waals surface area contributed by atoms with Gasteiger partial charge < -0.3 is 11.1 Å². The summed E-state index contributed by atoms with van der Waals surface area (Å²) in [6.45, 7) is 2.04. The van der Waals surface area contributed by atoms with Crippen LogP contribution in [0.3, 0.4) is 0 Å². The summed E-state index contributed by atoms with van der Waals surface area (Å²) in [5.74, 6) is 0. The third kappa shape index (κ3) is 2.93. The Bertz CT molecular complexity index is 692. The van der Waals surface area contributed by atoms with Gasteiger partial charge in [0.15, 0.2) is 0 Å². The maximum absolute atomic E-state index is 5.72. The summed E-state index contributed by atoms with van der Waals surface area (Å²) < 4.78 is 0. The van der Waals surface area contributed by atoms with Gasteiger partial charge in [-0.15, -0.1) is 0 Å². The van der Waals surface area contributed by atoms with E-state index in [4.69, 9.17) is 18.0 Å². The van der Waals surface area contributed by atoms with E-state index in [-0.39, 0.29) is 0 Å². The molecule has 0 heterocycles. The predicted octanol–water partition coefficient (Wildman–Crippen LogP) is 4.25. The molecule has 0 atom stereocenters. The summed E-state index contributed by atoms with van der Waals surface area (Å²) in [6, 6.07) is 12.7. The Kier molecular flexibility index (Phi) is 3.93. The lowest BCUT2D eigenvalue weighted by Crippen LogP contribution is -2.11. The molecular weight excluding hydrogens is 276 g/mol. The Morgan fingerprint density at radius 3 is 2.71 bits per heavy atom. The fourth-order valence-electron chi connectivity index (χ4n) is 3.07. The van der Waals surface area contributed by atoms with E-state index in [0.717, 1.165) is 16.8 Å². The number of hydrogen-bond acceptors (Lipinski definition) is 2. The number of thiocarbonyl (C=S) groups is 1. The zero-order valence-electron chi connectivity index (χ0n) is 12.3. The Labute approximate surface area is 131 Å². The summed E-state index contributed by atoms with van der Waals surface area (Å²) in [5, 5.41) is 3.55. The van der Waals surface area contributed by atoms with Crippen molar-refractivity contribution in [2.45, 2.75) is 32.6 Å². The van der Waals surface area contributed by atoms with Crippen LogP contribution in [0.1, 0.15) is 35.1 Å². The molecule has 0 unspecified atom stereocenters. The highest BCUT2D eigenvalue weighted by Crippen LogP contribution is 2.30. The fourth-order valence-corrected chi connectivity index (χ4v) is 3.30. The van der Waals surface area contributed by atoms with Gasteiger partial charge in [0.1, 0.15) is 4.99 Å². The van der Waals surface area contributed by atoms with Crippen LogP contribution in [-0.4, -0.2) is 4.99 Å². The van der Waals surface area contributed by atoms with Crippen molar-refractivity contribution in [3.05, 3.63) is 58.7 Å². The van der Waals surface area contributed by atoms with Crippen LogP contribution in [0, 0.1) is 6.92 Å². The van der Waals surface area contributed by atoms with Crippen LogP contribution in [0.5, 0.6) is 0 Å². The molecule has 0 bridgehead atoms. The third-order valence-corrected chi connectivity index (χ3v) is 4.39. The highest BCUT2D eigenvalue weighted by molar-refractivity contribution is 7.80. The molecule has 0 saturated heterocycles. The molecule has 1 aliphatic rings. The van der Waals surface area contributed by atoms with Crippen molar-refractivity contribution in [1.82, 2.24) is 0 Å². The monoisotopic (exact) mass is 296 g/mol. The van der Waals surface area contributed by atoms with Crippen LogP contribution in [0.25, 0.3) is 0 Å². The van der Waals surface area contributed by atoms with E-state index in [1.807, 2.05) is 19.1 Å². The molecule has 0 spiro atoms. The number of rotatable bonds is 3. The van der Waals surface area contributed by atoms with Crippen molar-refractivity contribution in [2.24, 2.45) is 5.73 Å². The van der Waals surface area contributed by atoms with Gasteiger partial charge in [-0.3, -0.25) is 0 Å². The molecule has 0 saturated carbocycles. The average molecular weight is 296 g/mol. The van der Waals surface area contributed by atoms with Crippen LogP contribution in [0.2, 0.25) is 0 Å². The first-order valence-corrected chi connectivity index (χ1v) is 7.84. The summed E-state index contributed by atoms with van der Waals surface area (Å²) in [6.07, 6.45) is 4.95. The maximum atomic E-state index is 5.72. The second kappa shape index (κ2) is 5.86. The van der Waals surface area contributed by atoms with E-state index in [0.29, 0.717) is 4.99 Å². The lowest BCUT2D eigenvalue weighted by Gasteiger charge is -2.20. The van der Waals surface area contributed by atoms with Crippen molar-refractivity contribution in [1.29, 1.82) is 0 Å². The number of aryl methyl sites for hydroxylation is 2. The molecular formula is C18H20N2S. The van der Waals surface area contributed by atoms with Crippen LogP contribution < -0.4 is 11.1 Å². The Balaban J connectivity index is 1.91. The molecule has 0 radical (unpaired) electrons. The van der Waals surface area contributed by atoms with Gasteiger partial charge in [0.2, 0.25) is 0 Å². The number of nitrogens with two attached hydrogens (primary N) is 1. The number of anilines is 2. The standard InChI is InChI=1S/C18H20N2S/c1-12-11-14(9-10-15(12)18(19)21)20-17-8-4-6-13-5-2-3-7-16(13)17/h4,6,8-11,20H,2-3,5,7H2,1H3,(H2,19,21). The molecule has 2 nitrogen and oxygen atoms in total. The molecule has 0 aromatic heterocycles. The summed E-state index contributed by atoms with van der Waals surface area (Å²) in [5.41, 5.74) is 13.1. The molecule has 2 aromatic rings. The number of fused-ring (bicyclic) bond motifs is 1. The predicted molar refractivity (Wildman–Crippen MR) is 93.4 cm³/mol. The minimum absolute atomic E-state index is 0.455. The molecule has 3 rings (SSSR count). The van der Waals surface area contributed by atoms with Gasteiger partial charge in [-0.05, 0) is 73.6 Å². The van der Waals surface area contributed by atoms with E-state index in [2.05, 4.69) is 29.6 Å². The minimum Gasteiger partial charge on any atom is -0.389 e. The van der Waals surface area contributed by atoms with Crippen molar-refractivity contribution < 1.29 is 0 Å². The molecule has 3 N–H and O–H groups in total. The van der Waals surface area contributed by atoms with E-state index in [9.17, 15) is 0 Å². The highest BCUT2D eigenvalue weighted by Gasteiger charge is 2.13. The largest absolute Gasteiger partial charge is 0.389 e.